The number of nitrogens with one attached hydrogen (secondary N) is 2. The highest BCUT2D eigenvalue weighted by molar-refractivity contribution is 6.40. The molecule has 98 valence electrons. The molecule has 8 heteroatoms. The average molecular weight is 300 g/mol. The molecule has 0 radical (unpaired) electrons. The van der Waals surface area contributed by atoms with Gasteiger partial charge in [-0.3, -0.25) is 4.79 Å². The monoisotopic (exact) mass is 299 g/mol. The van der Waals surface area contributed by atoms with E-state index in [0.717, 1.165) is 6.33 Å². The maximum atomic E-state index is 11.9. The molecule has 0 bridgehead atoms. The van der Waals surface area contributed by atoms with Gasteiger partial charge in [0.25, 0.3) is 5.91 Å². The number of rotatable bonds is 3. The Morgan fingerprint density at radius 2 is 1.89 bits per heavy atom. The van der Waals surface area contributed by atoms with E-state index in [1.165, 1.54) is 0 Å². The fraction of sp³-hybridized carbons (Fsp3) is 0. The molecular weight excluding hydrogens is 293 g/mol. The third kappa shape index (κ3) is 2.69. The van der Waals surface area contributed by atoms with Crippen LogP contribution in [0, 0.1) is 0 Å². The van der Waals surface area contributed by atoms with Crippen molar-refractivity contribution < 1.29 is 14.7 Å². The highest BCUT2D eigenvalue weighted by Gasteiger charge is 2.21. The van der Waals surface area contributed by atoms with Crippen LogP contribution in [0.2, 0.25) is 10.0 Å². The summed E-state index contributed by atoms with van der Waals surface area (Å²) in [5.74, 6) is -2.00. The van der Waals surface area contributed by atoms with Gasteiger partial charge in [0, 0.05) is 0 Å². The number of aromatic carboxylic acids is 1. The molecule has 0 aliphatic heterocycles. The number of amides is 1. The molecule has 0 saturated carbocycles. The van der Waals surface area contributed by atoms with Crippen molar-refractivity contribution in [3.05, 3.63) is 46.0 Å². The van der Waals surface area contributed by atoms with E-state index >= 15 is 0 Å². The summed E-state index contributed by atoms with van der Waals surface area (Å²) in [7, 11) is 0. The predicted octanol–water partition coefficient (Wildman–Crippen LogP) is 2.67. The fourth-order valence-electron chi connectivity index (χ4n) is 1.42. The molecule has 1 heterocycles. The van der Waals surface area contributed by atoms with Crippen molar-refractivity contribution in [3.63, 3.8) is 0 Å². The number of aromatic nitrogens is 2. The smallest absolute Gasteiger partial charge is 0.354 e. The molecule has 2 aromatic rings. The Labute approximate surface area is 117 Å². The number of carboxylic acids is 1. The lowest BCUT2D eigenvalue weighted by atomic mass is 10.2. The number of hydrogen-bond acceptors (Lipinski definition) is 3. The van der Waals surface area contributed by atoms with E-state index in [1.54, 1.807) is 18.2 Å². The molecule has 0 aliphatic carbocycles. The van der Waals surface area contributed by atoms with E-state index in [0.29, 0.717) is 0 Å². The van der Waals surface area contributed by atoms with Crippen LogP contribution in [0.25, 0.3) is 0 Å². The van der Waals surface area contributed by atoms with Crippen LogP contribution in [0.5, 0.6) is 0 Å². The number of carbonyl (C=O) groups is 2. The largest absolute Gasteiger partial charge is 0.477 e. The van der Waals surface area contributed by atoms with Crippen molar-refractivity contribution >= 4 is 40.8 Å². The van der Waals surface area contributed by atoms with Crippen LogP contribution >= 0.6 is 23.2 Å². The second-order valence-electron chi connectivity index (χ2n) is 3.48. The van der Waals surface area contributed by atoms with E-state index in [9.17, 15) is 9.59 Å². The molecule has 0 saturated heterocycles. The van der Waals surface area contributed by atoms with Gasteiger partial charge in [-0.1, -0.05) is 29.3 Å². The lowest BCUT2D eigenvalue weighted by molar-refractivity contribution is 0.0686. The first-order valence-electron chi connectivity index (χ1n) is 5.02. The van der Waals surface area contributed by atoms with Crippen LogP contribution in [0.1, 0.15) is 21.0 Å². The number of hydrogen-bond donors (Lipinski definition) is 3. The van der Waals surface area contributed by atoms with E-state index in [-0.39, 0.29) is 27.1 Å². The van der Waals surface area contributed by atoms with Crippen LogP contribution < -0.4 is 5.32 Å². The minimum absolute atomic E-state index is 0.204. The molecule has 19 heavy (non-hydrogen) atoms. The van der Waals surface area contributed by atoms with Crippen molar-refractivity contribution in [1.82, 2.24) is 9.97 Å². The Kier molecular flexibility index (Phi) is 3.73. The van der Waals surface area contributed by atoms with Crippen LogP contribution in [-0.4, -0.2) is 27.0 Å². The fourth-order valence-corrected chi connectivity index (χ4v) is 1.91. The first kappa shape index (κ1) is 13.4. The molecule has 1 aromatic carbocycles. The summed E-state index contributed by atoms with van der Waals surface area (Å²) in [4.78, 5) is 28.8. The van der Waals surface area contributed by atoms with Gasteiger partial charge >= 0.3 is 5.97 Å². The van der Waals surface area contributed by atoms with Crippen molar-refractivity contribution in [2.75, 3.05) is 5.32 Å². The van der Waals surface area contributed by atoms with Crippen molar-refractivity contribution in [1.29, 1.82) is 0 Å². The molecule has 2 rings (SSSR count). The Morgan fingerprint density at radius 1 is 1.26 bits per heavy atom. The Balaban J connectivity index is 2.31. The number of imidazole rings is 1. The summed E-state index contributed by atoms with van der Waals surface area (Å²) in [5, 5.41) is 11.8. The first-order valence-corrected chi connectivity index (χ1v) is 5.78. The van der Waals surface area contributed by atoms with Gasteiger partial charge in [0.2, 0.25) is 0 Å². The van der Waals surface area contributed by atoms with E-state index < -0.39 is 11.9 Å². The Morgan fingerprint density at radius 3 is 2.47 bits per heavy atom. The SMILES string of the molecule is O=C(Nc1c(Cl)cccc1Cl)c1nc[nH]c1C(=O)O. The molecule has 0 fully saturated rings. The summed E-state index contributed by atoms with van der Waals surface area (Å²) in [6.07, 6.45) is 1.12. The number of H-pyrrole nitrogens is 1. The van der Waals surface area contributed by atoms with Gasteiger partial charge in [0.15, 0.2) is 11.4 Å². The molecule has 0 aliphatic rings. The maximum Gasteiger partial charge on any atom is 0.354 e. The molecule has 0 spiro atoms. The normalized spacial score (nSPS) is 10.2. The van der Waals surface area contributed by atoms with Gasteiger partial charge in [-0.15, -0.1) is 0 Å². The highest BCUT2D eigenvalue weighted by atomic mass is 35.5. The molecule has 1 aromatic heterocycles. The van der Waals surface area contributed by atoms with Gasteiger partial charge < -0.3 is 15.4 Å². The summed E-state index contributed by atoms with van der Waals surface area (Å²) in [6.45, 7) is 0. The summed E-state index contributed by atoms with van der Waals surface area (Å²) >= 11 is 11.8. The summed E-state index contributed by atoms with van der Waals surface area (Å²) in [5.41, 5.74) is -0.348. The number of halogens is 2. The van der Waals surface area contributed by atoms with Gasteiger partial charge in [0.1, 0.15) is 0 Å². The van der Waals surface area contributed by atoms with Crippen LogP contribution in [0.4, 0.5) is 5.69 Å². The second-order valence-corrected chi connectivity index (χ2v) is 4.30. The number of carboxylic acid groups (broad SMARTS) is 1. The summed E-state index contributed by atoms with van der Waals surface area (Å²) < 4.78 is 0. The van der Waals surface area contributed by atoms with Gasteiger partial charge in [-0.05, 0) is 12.1 Å². The number of carbonyl (C=O) groups excluding carboxylic acids is 1. The van der Waals surface area contributed by atoms with Crippen molar-refractivity contribution in [2.45, 2.75) is 0 Å². The molecule has 0 unspecified atom stereocenters. The average Bonchev–Trinajstić information content (AvgIpc) is 2.83. The Bertz CT molecular complexity index is 634. The predicted molar refractivity (Wildman–Crippen MR) is 70.0 cm³/mol. The van der Waals surface area contributed by atoms with E-state index in [1.807, 2.05) is 0 Å². The molecular formula is C11H7Cl2N3O3. The Hall–Kier alpha value is -2.05. The topological polar surface area (TPSA) is 95.1 Å². The number of nitrogens with zero attached hydrogens (tertiary/aromatic N) is 1. The number of anilines is 1. The van der Waals surface area contributed by atoms with Crippen LogP contribution in [-0.2, 0) is 0 Å². The first-order chi connectivity index (χ1) is 9.00. The number of para-hydroxylation sites is 1. The zero-order valence-corrected chi connectivity index (χ0v) is 10.8. The summed E-state index contributed by atoms with van der Waals surface area (Å²) in [6, 6.07) is 4.72. The van der Waals surface area contributed by atoms with Gasteiger partial charge in [-0.25, -0.2) is 9.78 Å². The lowest BCUT2D eigenvalue weighted by Gasteiger charge is -2.08. The quantitative estimate of drug-likeness (QED) is 0.812. The van der Waals surface area contributed by atoms with E-state index in [2.05, 4.69) is 15.3 Å². The van der Waals surface area contributed by atoms with Gasteiger partial charge in [-0.2, -0.15) is 0 Å². The minimum atomic E-state index is -1.28. The van der Waals surface area contributed by atoms with E-state index in [4.69, 9.17) is 28.3 Å². The molecule has 0 atom stereocenters. The lowest BCUT2D eigenvalue weighted by Crippen LogP contribution is -2.17. The zero-order chi connectivity index (χ0) is 14.0. The van der Waals surface area contributed by atoms with Crippen LogP contribution in [0.15, 0.2) is 24.5 Å². The zero-order valence-electron chi connectivity index (χ0n) is 9.28. The minimum Gasteiger partial charge on any atom is -0.477 e. The highest BCUT2D eigenvalue weighted by Crippen LogP contribution is 2.30. The molecule has 6 nitrogen and oxygen atoms in total. The standard InChI is InChI=1S/C11H7Cl2N3O3/c12-5-2-1-3-6(13)7(5)16-10(17)8-9(11(18)19)15-4-14-8/h1-4H,(H,14,15)(H,16,17)(H,18,19). The number of benzene rings is 1. The van der Waals surface area contributed by atoms with Crippen molar-refractivity contribution in [3.8, 4) is 0 Å². The molecule has 3 N–H and O–H groups in total. The number of aromatic amines is 1. The maximum absolute atomic E-state index is 11.9. The van der Waals surface area contributed by atoms with Gasteiger partial charge in [0.05, 0.1) is 22.1 Å². The van der Waals surface area contributed by atoms with Crippen LogP contribution in [0.3, 0.4) is 0 Å². The molecule has 1 amide bonds. The third-order valence-corrected chi connectivity index (χ3v) is 2.90. The second kappa shape index (κ2) is 5.29. The van der Waals surface area contributed by atoms with Crippen molar-refractivity contribution in [2.24, 2.45) is 0 Å². The third-order valence-electron chi connectivity index (χ3n) is 2.27.